The number of amides is 1. The summed E-state index contributed by atoms with van der Waals surface area (Å²) in [7, 11) is 1.65. The van der Waals surface area contributed by atoms with E-state index in [1.54, 1.807) is 18.9 Å². The van der Waals surface area contributed by atoms with Gasteiger partial charge in [0.05, 0.1) is 12.8 Å². The Labute approximate surface area is 190 Å². The number of benzene rings is 2. The molecule has 0 fully saturated rings. The summed E-state index contributed by atoms with van der Waals surface area (Å²) in [5, 5.41) is 14.2. The van der Waals surface area contributed by atoms with Crippen molar-refractivity contribution in [1.82, 2.24) is 15.2 Å². The molecule has 0 saturated heterocycles. The van der Waals surface area contributed by atoms with E-state index in [2.05, 4.69) is 20.8 Å². The molecule has 7 nitrogen and oxygen atoms in total. The molecule has 0 unspecified atom stereocenters. The second-order valence-corrected chi connectivity index (χ2v) is 8.27. The number of pyridine rings is 1. The van der Waals surface area contributed by atoms with E-state index in [0.29, 0.717) is 0 Å². The number of hydrogen-bond donors (Lipinski definition) is 3. The van der Waals surface area contributed by atoms with Crippen LogP contribution in [0.5, 0.6) is 5.75 Å². The molecule has 0 radical (unpaired) electrons. The summed E-state index contributed by atoms with van der Waals surface area (Å²) in [4.78, 5) is 17.1. The zero-order valence-electron chi connectivity index (χ0n) is 18.0. The second kappa shape index (κ2) is 9.57. The van der Waals surface area contributed by atoms with Crippen LogP contribution in [0.4, 0.5) is 17.2 Å². The molecule has 0 spiro atoms. The highest BCUT2D eigenvalue weighted by Crippen LogP contribution is 2.33. The van der Waals surface area contributed by atoms with Crippen molar-refractivity contribution in [2.24, 2.45) is 0 Å². The molecule has 2 aromatic carbocycles. The zero-order chi connectivity index (χ0) is 22.5. The minimum Gasteiger partial charge on any atom is -0.497 e. The predicted molar refractivity (Wildman–Crippen MR) is 128 cm³/mol. The molecule has 2 heterocycles. The zero-order valence-corrected chi connectivity index (χ0v) is 18.8. The summed E-state index contributed by atoms with van der Waals surface area (Å²) < 4.78 is 5.27. The molecule has 0 saturated carbocycles. The molecule has 0 atom stereocenters. The molecule has 2 aromatic heterocycles. The second-order valence-electron chi connectivity index (χ2n) is 7.18. The number of ether oxygens (including phenoxy) is 1. The first-order chi connectivity index (χ1) is 15.5. The van der Waals surface area contributed by atoms with Gasteiger partial charge >= 0.3 is 0 Å². The molecule has 0 aliphatic heterocycles. The number of nitrogens with one attached hydrogen (secondary N) is 3. The lowest BCUT2D eigenvalue weighted by Crippen LogP contribution is -2.05. The maximum atomic E-state index is 11.2. The molecule has 3 N–H and O–H groups in total. The van der Waals surface area contributed by atoms with Crippen LogP contribution >= 0.6 is 11.8 Å². The molecule has 4 aromatic rings. The Balaban J connectivity index is 1.64. The van der Waals surface area contributed by atoms with E-state index in [4.69, 9.17) is 9.72 Å². The van der Waals surface area contributed by atoms with E-state index in [0.717, 1.165) is 49.8 Å². The summed E-state index contributed by atoms with van der Waals surface area (Å²) in [6.07, 6.45) is 0. The van der Waals surface area contributed by atoms with Crippen LogP contribution < -0.4 is 15.4 Å². The van der Waals surface area contributed by atoms with Crippen LogP contribution in [0.2, 0.25) is 0 Å². The predicted octanol–water partition coefficient (Wildman–Crippen LogP) is 5.64. The highest BCUT2D eigenvalue weighted by Gasteiger charge is 2.09. The molecule has 1 amide bonds. The standard InChI is InChI=1S/C24H23N5O2S/c1-15-12-23(29-28-15)26-19-13-22(17-4-8-20(31-3)9-5-17)27-24(14-19)32-21-10-6-18(7-11-21)25-16(2)30/h4-14H,1-3H3,(H,25,30)(H2,26,27,28,29). The maximum absolute atomic E-state index is 11.2. The Hall–Kier alpha value is -3.78. The van der Waals surface area contributed by atoms with E-state index in [1.165, 1.54) is 6.92 Å². The first-order valence-electron chi connectivity index (χ1n) is 9.99. The smallest absolute Gasteiger partial charge is 0.221 e. The van der Waals surface area contributed by atoms with Crippen LogP contribution in [0.3, 0.4) is 0 Å². The number of anilines is 3. The van der Waals surface area contributed by atoms with Crippen LogP contribution in [-0.4, -0.2) is 28.2 Å². The molecule has 32 heavy (non-hydrogen) atoms. The largest absolute Gasteiger partial charge is 0.497 e. The van der Waals surface area contributed by atoms with Gasteiger partial charge in [-0.3, -0.25) is 9.89 Å². The first-order valence-corrected chi connectivity index (χ1v) is 10.8. The van der Waals surface area contributed by atoms with Crippen molar-refractivity contribution < 1.29 is 9.53 Å². The van der Waals surface area contributed by atoms with Crippen LogP contribution in [0.15, 0.2) is 76.7 Å². The van der Waals surface area contributed by atoms with Gasteiger partial charge in [-0.1, -0.05) is 11.8 Å². The van der Waals surface area contributed by atoms with E-state index < -0.39 is 0 Å². The summed E-state index contributed by atoms with van der Waals surface area (Å²) in [5.74, 6) is 1.44. The van der Waals surface area contributed by atoms with Crippen molar-refractivity contribution in [3.63, 3.8) is 0 Å². The van der Waals surface area contributed by atoms with Gasteiger partial charge in [0.25, 0.3) is 0 Å². The van der Waals surface area contributed by atoms with Gasteiger partial charge in [0.2, 0.25) is 5.91 Å². The molecule has 8 heteroatoms. The quantitative estimate of drug-likeness (QED) is 0.341. The molecule has 0 bridgehead atoms. The van der Waals surface area contributed by atoms with Gasteiger partial charge in [-0.05, 0) is 67.6 Å². The topological polar surface area (TPSA) is 91.9 Å². The maximum Gasteiger partial charge on any atom is 0.221 e. The molecule has 0 aliphatic rings. The fraction of sp³-hybridized carbons (Fsp3) is 0.125. The number of carbonyl (C=O) groups excluding carboxylic acids is 1. The van der Waals surface area contributed by atoms with Gasteiger partial charge in [-0.2, -0.15) is 5.10 Å². The van der Waals surface area contributed by atoms with Gasteiger partial charge < -0.3 is 15.4 Å². The van der Waals surface area contributed by atoms with Crippen LogP contribution in [0.1, 0.15) is 12.6 Å². The fourth-order valence-corrected chi connectivity index (χ4v) is 3.94. The summed E-state index contributed by atoms with van der Waals surface area (Å²) in [6, 6.07) is 21.4. The number of hydrogen-bond acceptors (Lipinski definition) is 6. The number of carbonyl (C=O) groups is 1. The third-order valence-electron chi connectivity index (χ3n) is 4.56. The lowest BCUT2D eigenvalue weighted by atomic mass is 10.1. The van der Waals surface area contributed by atoms with Gasteiger partial charge in [0.15, 0.2) is 5.82 Å². The SMILES string of the molecule is COc1ccc(-c2cc(Nc3cc(C)[nH]n3)cc(Sc3ccc(NC(C)=O)cc3)n2)cc1. The average molecular weight is 446 g/mol. The Morgan fingerprint density at radius 3 is 2.38 bits per heavy atom. The third kappa shape index (κ3) is 5.47. The number of aromatic amines is 1. The van der Waals surface area contributed by atoms with Gasteiger partial charge in [-0.25, -0.2) is 4.98 Å². The van der Waals surface area contributed by atoms with E-state index in [-0.39, 0.29) is 5.91 Å². The van der Waals surface area contributed by atoms with Crippen molar-refractivity contribution in [3.05, 3.63) is 72.4 Å². The van der Waals surface area contributed by atoms with Crippen LogP contribution in [0, 0.1) is 6.92 Å². The van der Waals surface area contributed by atoms with Gasteiger partial charge in [0.1, 0.15) is 10.8 Å². The fourth-order valence-electron chi connectivity index (χ4n) is 3.10. The Kier molecular flexibility index (Phi) is 6.42. The number of H-pyrrole nitrogens is 1. The molecule has 4 rings (SSSR count). The number of rotatable bonds is 7. The van der Waals surface area contributed by atoms with Crippen LogP contribution in [-0.2, 0) is 4.79 Å². The first kappa shape index (κ1) is 21.5. The molecular weight excluding hydrogens is 422 g/mol. The minimum absolute atomic E-state index is 0.0939. The van der Waals surface area contributed by atoms with Crippen molar-refractivity contribution in [1.29, 1.82) is 0 Å². The van der Waals surface area contributed by atoms with E-state index >= 15 is 0 Å². The van der Waals surface area contributed by atoms with Gasteiger partial charge in [-0.15, -0.1) is 0 Å². The third-order valence-corrected chi connectivity index (χ3v) is 5.49. The molecule has 0 aliphatic carbocycles. The Bertz CT molecular complexity index is 1220. The summed E-state index contributed by atoms with van der Waals surface area (Å²) >= 11 is 1.54. The van der Waals surface area contributed by atoms with Crippen LogP contribution in [0.25, 0.3) is 11.3 Å². The number of aromatic nitrogens is 3. The Morgan fingerprint density at radius 2 is 1.75 bits per heavy atom. The van der Waals surface area contributed by atoms with E-state index in [9.17, 15) is 4.79 Å². The summed E-state index contributed by atoms with van der Waals surface area (Å²) in [5.41, 5.74) is 4.44. The summed E-state index contributed by atoms with van der Waals surface area (Å²) in [6.45, 7) is 3.45. The number of methoxy groups -OCH3 is 1. The van der Waals surface area contributed by atoms with Crippen molar-refractivity contribution in [3.8, 4) is 17.0 Å². The highest BCUT2D eigenvalue weighted by molar-refractivity contribution is 7.99. The normalized spacial score (nSPS) is 10.6. The molecular formula is C24H23N5O2S. The average Bonchev–Trinajstić information content (AvgIpc) is 3.19. The van der Waals surface area contributed by atoms with Crippen molar-refractivity contribution in [2.75, 3.05) is 17.7 Å². The number of nitrogens with zero attached hydrogens (tertiary/aromatic N) is 2. The minimum atomic E-state index is -0.0939. The van der Waals surface area contributed by atoms with Crippen molar-refractivity contribution >= 4 is 34.9 Å². The molecule has 162 valence electrons. The number of aryl methyl sites for hydroxylation is 1. The monoisotopic (exact) mass is 445 g/mol. The Morgan fingerprint density at radius 1 is 1.00 bits per heavy atom. The van der Waals surface area contributed by atoms with E-state index in [1.807, 2.05) is 73.7 Å². The lowest BCUT2D eigenvalue weighted by Gasteiger charge is -2.11. The lowest BCUT2D eigenvalue weighted by molar-refractivity contribution is -0.114. The van der Waals surface area contributed by atoms with Crippen molar-refractivity contribution in [2.45, 2.75) is 23.8 Å². The highest BCUT2D eigenvalue weighted by atomic mass is 32.2. The van der Waals surface area contributed by atoms with Gasteiger partial charge in [0, 0.05) is 40.5 Å².